The number of rotatable bonds is 6. The molecule has 1 aliphatic heterocycles. The van der Waals surface area contributed by atoms with E-state index in [0.717, 1.165) is 54.4 Å². The molecule has 1 fully saturated rings. The van der Waals surface area contributed by atoms with Crippen LogP contribution in [0.1, 0.15) is 39.9 Å². The molecule has 2 aromatic carbocycles. The highest BCUT2D eigenvalue weighted by atomic mass is 16.5. The van der Waals surface area contributed by atoms with Gasteiger partial charge in [0, 0.05) is 42.9 Å². The van der Waals surface area contributed by atoms with Crippen molar-refractivity contribution in [2.45, 2.75) is 33.6 Å². The molecule has 0 spiro atoms. The Labute approximate surface area is 166 Å². The van der Waals surface area contributed by atoms with E-state index in [0.29, 0.717) is 5.56 Å². The number of hydrogen-bond donors (Lipinski definition) is 1. The van der Waals surface area contributed by atoms with Gasteiger partial charge in [-0.1, -0.05) is 17.7 Å². The average molecular weight is 380 g/mol. The monoisotopic (exact) mass is 380 g/mol. The molecule has 1 aliphatic rings. The lowest BCUT2D eigenvalue weighted by atomic mass is 9.99. The minimum atomic E-state index is -0.138. The number of ether oxygens (including phenoxy) is 1. The molecule has 0 radical (unpaired) electrons. The number of amides is 1. The van der Waals surface area contributed by atoms with Crippen LogP contribution in [0, 0.1) is 20.8 Å². The zero-order valence-electron chi connectivity index (χ0n) is 16.9. The highest BCUT2D eigenvalue weighted by Gasteiger charge is 2.14. The van der Waals surface area contributed by atoms with Gasteiger partial charge >= 0.3 is 0 Å². The van der Waals surface area contributed by atoms with Gasteiger partial charge in [-0.15, -0.1) is 0 Å². The number of nitrogens with one attached hydrogen (secondary N) is 1. The van der Waals surface area contributed by atoms with E-state index in [-0.39, 0.29) is 24.5 Å². The maximum Gasteiger partial charge on any atom is 0.224 e. The van der Waals surface area contributed by atoms with E-state index in [1.54, 1.807) is 0 Å². The summed E-state index contributed by atoms with van der Waals surface area (Å²) in [6.45, 7) is 9.12. The van der Waals surface area contributed by atoms with Crippen LogP contribution < -0.4 is 10.2 Å². The van der Waals surface area contributed by atoms with Crippen LogP contribution in [0.4, 0.5) is 11.4 Å². The van der Waals surface area contributed by atoms with Gasteiger partial charge in [0.1, 0.15) is 0 Å². The predicted octanol–water partition coefficient (Wildman–Crippen LogP) is 4.05. The first-order valence-corrected chi connectivity index (χ1v) is 9.77. The summed E-state index contributed by atoms with van der Waals surface area (Å²) in [5, 5.41) is 2.94. The Morgan fingerprint density at radius 1 is 0.964 bits per heavy atom. The molecular formula is C23H28N2O3. The smallest absolute Gasteiger partial charge is 0.224 e. The standard InChI is InChI=1S/C23H28N2O3/c1-16-4-5-17(2)20(14-16)22(26)8-9-23(27)24-21-7-6-19(15-18(21)3)25-10-12-28-13-11-25/h4-7,14-15H,8-13H2,1-3H3,(H,24,27). The summed E-state index contributed by atoms with van der Waals surface area (Å²) in [6, 6.07) is 11.9. The van der Waals surface area contributed by atoms with Gasteiger partial charge in [0.05, 0.1) is 13.2 Å². The SMILES string of the molecule is Cc1ccc(C)c(C(=O)CCC(=O)Nc2ccc(N3CCOCC3)cc2C)c1. The van der Waals surface area contributed by atoms with Crippen LogP contribution in [0.5, 0.6) is 0 Å². The summed E-state index contributed by atoms with van der Waals surface area (Å²) in [5.41, 5.74) is 5.65. The number of benzene rings is 2. The van der Waals surface area contributed by atoms with E-state index >= 15 is 0 Å². The second kappa shape index (κ2) is 9.02. The van der Waals surface area contributed by atoms with Gasteiger partial charge in [-0.2, -0.15) is 0 Å². The normalized spacial score (nSPS) is 14.0. The fourth-order valence-electron chi connectivity index (χ4n) is 3.42. The van der Waals surface area contributed by atoms with Crippen molar-refractivity contribution in [2.75, 3.05) is 36.5 Å². The zero-order chi connectivity index (χ0) is 20.1. The van der Waals surface area contributed by atoms with Crippen LogP contribution in [0.3, 0.4) is 0 Å². The molecule has 1 heterocycles. The van der Waals surface area contributed by atoms with E-state index in [2.05, 4.69) is 16.3 Å². The lowest BCUT2D eigenvalue weighted by Crippen LogP contribution is -2.36. The van der Waals surface area contributed by atoms with Crippen LogP contribution >= 0.6 is 0 Å². The molecule has 3 rings (SSSR count). The average Bonchev–Trinajstić information content (AvgIpc) is 2.70. The predicted molar refractivity (Wildman–Crippen MR) is 112 cm³/mol. The van der Waals surface area contributed by atoms with E-state index < -0.39 is 0 Å². The first-order chi connectivity index (χ1) is 13.4. The van der Waals surface area contributed by atoms with Crippen LogP contribution in [0.25, 0.3) is 0 Å². The Balaban J connectivity index is 1.57. The zero-order valence-corrected chi connectivity index (χ0v) is 16.9. The van der Waals surface area contributed by atoms with Crippen molar-refractivity contribution in [1.29, 1.82) is 0 Å². The fraction of sp³-hybridized carbons (Fsp3) is 0.391. The van der Waals surface area contributed by atoms with Gasteiger partial charge in [-0.3, -0.25) is 9.59 Å². The van der Waals surface area contributed by atoms with Crippen molar-refractivity contribution in [1.82, 2.24) is 0 Å². The molecular weight excluding hydrogens is 352 g/mol. The first-order valence-electron chi connectivity index (χ1n) is 9.77. The van der Waals surface area contributed by atoms with Crippen molar-refractivity contribution in [3.05, 3.63) is 58.7 Å². The topological polar surface area (TPSA) is 58.6 Å². The molecule has 5 nitrogen and oxygen atoms in total. The Hall–Kier alpha value is -2.66. The second-order valence-corrected chi connectivity index (χ2v) is 7.39. The molecule has 0 unspecified atom stereocenters. The first kappa shape index (κ1) is 20.1. The summed E-state index contributed by atoms with van der Waals surface area (Å²) in [5.74, 6) is -0.128. The molecule has 0 bridgehead atoms. The van der Waals surface area contributed by atoms with Crippen LogP contribution in [-0.2, 0) is 9.53 Å². The lowest BCUT2D eigenvalue weighted by Gasteiger charge is -2.29. The maximum atomic E-state index is 12.5. The summed E-state index contributed by atoms with van der Waals surface area (Å²) >= 11 is 0. The van der Waals surface area contributed by atoms with Crippen molar-refractivity contribution in [2.24, 2.45) is 0 Å². The van der Waals surface area contributed by atoms with Crippen LogP contribution in [0.15, 0.2) is 36.4 Å². The third-order valence-electron chi connectivity index (χ3n) is 5.13. The van der Waals surface area contributed by atoms with E-state index in [1.807, 2.05) is 51.1 Å². The number of anilines is 2. The number of ketones is 1. The molecule has 1 amide bonds. The van der Waals surface area contributed by atoms with Gasteiger partial charge in [-0.25, -0.2) is 0 Å². The Morgan fingerprint density at radius 2 is 1.71 bits per heavy atom. The number of hydrogen-bond acceptors (Lipinski definition) is 4. The van der Waals surface area contributed by atoms with Gasteiger partial charge in [0.2, 0.25) is 5.91 Å². The summed E-state index contributed by atoms with van der Waals surface area (Å²) in [7, 11) is 0. The van der Waals surface area contributed by atoms with Gasteiger partial charge < -0.3 is 15.0 Å². The molecule has 5 heteroatoms. The number of carbonyl (C=O) groups excluding carboxylic acids is 2. The molecule has 0 atom stereocenters. The van der Waals surface area contributed by atoms with Gasteiger partial charge in [-0.05, 0) is 56.2 Å². The molecule has 0 saturated carbocycles. The van der Waals surface area contributed by atoms with E-state index in [4.69, 9.17) is 4.74 Å². The highest BCUT2D eigenvalue weighted by molar-refractivity contribution is 6.01. The van der Waals surface area contributed by atoms with Gasteiger partial charge in [0.15, 0.2) is 5.78 Å². The van der Waals surface area contributed by atoms with Gasteiger partial charge in [0.25, 0.3) is 0 Å². The van der Waals surface area contributed by atoms with Crippen LogP contribution in [0.2, 0.25) is 0 Å². The van der Waals surface area contributed by atoms with Crippen molar-refractivity contribution in [3.8, 4) is 0 Å². The molecule has 2 aromatic rings. The molecule has 1 N–H and O–H groups in total. The van der Waals surface area contributed by atoms with Crippen molar-refractivity contribution in [3.63, 3.8) is 0 Å². The van der Waals surface area contributed by atoms with Crippen LogP contribution in [-0.4, -0.2) is 38.0 Å². The second-order valence-electron chi connectivity index (χ2n) is 7.39. The lowest BCUT2D eigenvalue weighted by molar-refractivity contribution is -0.116. The summed E-state index contributed by atoms with van der Waals surface area (Å²) in [6.07, 6.45) is 0.387. The number of aryl methyl sites for hydroxylation is 3. The number of nitrogens with zero attached hydrogens (tertiary/aromatic N) is 1. The Bertz CT molecular complexity index is 870. The fourth-order valence-corrected chi connectivity index (χ4v) is 3.42. The highest BCUT2D eigenvalue weighted by Crippen LogP contribution is 2.24. The van der Waals surface area contributed by atoms with Crippen molar-refractivity contribution >= 4 is 23.1 Å². The maximum absolute atomic E-state index is 12.5. The minimum Gasteiger partial charge on any atom is -0.378 e. The third-order valence-corrected chi connectivity index (χ3v) is 5.13. The Morgan fingerprint density at radius 3 is 2.43 bits per heavy atom. The van der Waals surface area contributed by atoms with E-state index in [9.17, 15) is 9.59 Å². The molecule has 0 aromatic heterocycles. The van der Waals surface area contributed by atoms with Crippen molar-refractivity contribution < 1.29 is 14.3 Å². The quantitative estimate of drug-likeness (QED) is 0.768. The number of Topliss-reactive ketones (excluding diaryl/α,β-unsaturated/α-hetero) is 1. The molecule has 1 saturated heterocycles. The molecule has 0 aliphatic carbocycles. The molecule has 148 valence electrons. The minimum absolute atomic E-state index is 0.00994. The molecule has 28 heavy (non-hydrogen) atoms. The number of carbonyl (C=O) groups is 2. The third kappa shape index (κ3) is 4.98. The Kier molecular flexibility index (Phi) is 6.47. The number of morpholine rings is 1. The van der Waals surface area contributed by atoms with E-state index in [1.165, 1.54) is 0 Å². The summed E-state index contributed by atoms with van der Waals surface area (Å²) < 4.78 is 5.39. The summed E-state index contributed by atoms with van der Waals surface area (Å²) in [4.78, 5) is 27.1. The largest absolute Gasteiger partial charge is 0.378 e.